The van der Waals surface area contributed by atoms with Gasteiger partial charge >= 0.3 is 0 Å². The minimum absolute atomic E-state index is 0.515. The van der Waals surface area contributed by atoms with Gasteiger partial charge in [0, 0.05) is 6.42 Å². The van der Waals surface area contributed by atoms with Crippen molar-refractivity contribution in [3.05, 3.63) is 89.5 Å². The third kappa shape index (κ3) is 19.3. The van der Waals surface area contributed by atoms with Crippen molar-refractivity contribution in [3.63, 3.8) is 0 Å². The van der Waals surface area contributed by atoms with Crippen molar-refractivity contribution in [2.24, 2.45) is 0 Å². The Labute approximate surface area is 317 Å². The quantitative estimate of drug-likeness (QED) is 0.0442. The Morgan fingerprint density at radius 3 is 1.37 bits per heavy atom. The molecule has 0 saturated carbocycles. The van der Waals surface area contributed by atoms with E-state index in [9.17, 15) is 0 Å². The van der Waals surface area contributed by atoms with Crippen LogP contribution in [0, 0.1) is 0 Å². The maximum absolute atomic E-state index is 2.75. The summed E-state index contributed by atoms with van der Waals surface area (Å²) in [5, 5.41) is 0. The van der Waals surface area contributed by atoms with Gasteiger partial charge < -0.3 is 0 Å². The number of hydrogen-bond acceptors (Lipinski definition) is 0. The van der Waals surface area contributed by atoms with E-state index in [1.807, 2.05) is 0 Å². The van der Waals surface area contributed by atoms with Gasteiger partial charge in [0.1, 0.15) is 11.9 Å². The molecular weight excluding hydrogens is 617 g/mol. The van der Waals surface area contributed by atoms with Gasteiger partial charge in [-0.15, -0.1) is 0 Å². The summed E-state index contributed by atoms with van der Waals surface area (Å²) in [5.41, 5.74) is 4.42. The van der Waals surface area contributed by atoms with Crippen LogP contribution >= 0.6 is 0 Å². The number of aromatic nitrogens is 2. The number of unbranched alkanes of at least 4 members (excludes halogenated alkanes) is 24. The standard InChI is InChI=1S/C49H81N2/c1-4-6-8-10-12-14-16-17-18-19-20-21-22-24-26-34-40-50-44-48(42-45(3)47-38-32-29-33-39-47)51(49(50)43-46-36-30-28-31-37-46)41-35-27-25-23-15-13-11-9-7-5-2/h28-33,36-39,44-45H,4-27,34-35,40-43H2,1-3H3/q+1. The van der Waals surface area contributed by atoms with E-state index in [0.29, 0.717) is 5.92 Å². The van der Waals surface area contributed by atoms with Gasteiger partial charge in [-0.05, 0) is 42.7 Å². The number of rotatable bonds is 33. The molecule has 3 aromatic rings. The van der Waals surface area contributed by atoms with Crippen LogP contribution in [-0.4, -0.2) is 4.57 Å². The second-order valence-electron chi connectivity index (χ2n) is 16.0. The summed E-state index contributed by atoms with van der Waals surface area (Å²) < 4.78 is 5.42. The number of imidazole rings is 1. The molecule has 2 aromatic carbocycles. The molecule has 0 bridgehead atoms. The summed E-state index contributed by atoms with van der Waals surface area (Å²) in [4.78, 5) is 0. The van der Waals surface area contributed by atoms with Crippen molar-refractivity contribution in [1.29, 1.82) is 0 Å². The van der Waals surface area contributed by atoms with Crippen molar-refractivity contribution in [1.82, 2.24) is 4.57 Å². The van der Waals surface area contributed by atoms with E-state index >= 15 is 0 Å². The first-order valence-electron chi connectivity index (χ1n) is 22.4. The fraction of sp³-hybridized carbons (Fsp3) is 0.694. The van der Waals surface area contributed by atoms with Crippen LogP contribution in [0.2, 0.25) is 0 Å². The molecule has 3 rings (SSSR count). The van der Waals surface area contributed by atoms with Crippen molar-refractivity contribution >= 4 is 0 Å². The van der Waals surface area contributed by atoms with E-state index < -0.39 is 0 Å². The van der Waals surface area contributed by atoms with Crippen molar-refractivity contribution in [2.45, 2.75) is 220 Å². The molecule has 286 valence electrons. The van der Waals surface area contributed by atoms with E-state index in [2.05, 4.69) is 96.8 Å². The number of benzene rings is 2. The molecule has 1 aromatic heterocycles. The molecule has 1 heterocycles. The van der Waals surface area contributed by atoms with Crippen LogP contribution in [0.4, 0.5) is 0 Å². The van der Waals surface area contributed by atoms with E-state index in [1.54, 1.807) is 0 Å². The lowest BCUT2D eigenvalue weighted by atomic mass is 9.96. The van der Waals surface area contributed by atoms with Gasteiger partial charge in [0.25, 0.3) is 5.82 Å². The summed E-state index contributed by atoms with van der Waals surface area (Å²) >= 11 is 0. The largest absolute Gasteiger partial charge is 0.261 e. The summed E-state index contributed by atoms with van der Waals surface area (Å²) in [6.45, 7) is 9.35. The second-order valence-corrected chi connectivity index (χ2v) is 16.0. The van der Waals surface area contributed by atoms with E-state index in [-0.39, 0.29) is 0 Å². The third-order valence-corrected chi connectivity index (χ3v) is 11.4. The molecule has 0 aliphatic heterocycles. The fourth-order valence-corrected chi connectivity index (χ4v) is 8.05. The molecular formula is C49H81N2+. The molecule has 0 spiro atoms. The van der Waals surface area contributed by atoms with Gasteiger partial charge in [0.15, 0.2) is 0 Å². The fourth-order valence-electron chi connectivity index (χ4n) is 8.05. The molecule has 0 fully saturated rings. The van der Waals surface area contributed by atoms with E-state index in [0.717, 1.165) is 25.9 Å². The van der Waals surface area contributed by atoms with Crippen molar-refractivity contribution in [2.75, 3.05) is 0 Å². The zero-order chi connectivity index (χ0) is 36.0. The first-order chi connectivity index (χ1) is 25.2. The normalized spacial score (nSPS) is 12.1. The summed E-state index contributed by atoms with van der Waals surface area (Å²) in [6.07, 6.45) is 41.4. The Bertz CT molecular complexity index is 1200. The molecule has 0 aliphatic carbocycles. The number of nitrogens with zero attached hydrogens (tertiary/aromatic N) is 2. The molecule has 51 heavy (non-hydrogen) atoms. The first-order valence-corrected chi connectivity index (χ1v) is 22.4. The lowest BCUT2D eigenvalue weighted by Gasteiger charge is -2.12. The van der Waals surface area contributed by atoms with Crippen LogP contribution in [0.5, 0.6) is 0 Å². The molecule has 0 N–H and O–H groups in total. The maximum Gasteiger partial charge on any atom is 0.261 e. The average molecular weight is 698 g/mol. The summed E-state index contributed by atoms with van der Waals surface area (Å²) in [7, 11) is 0. The Morgan fingerprint density at radius 2 is 0.902 bits per heavy atom. The van der Waals surface area contributed by atoms with Crippen LogP contribution in [0.25, 0.3) is 0 Å². The Morgan fingerprint density at radius 1 is 0.490 bits per heavy atom. The second kappa shape index (κ2) is 29.1. The molecule has 1 atom stereocenters. The Kier molecular flexibility index (Phi) is 24.6. The molecule has 0 amide bonds. The van der Waals surface area contributed by atoms with E-state index in [1.165, 1.54) is 190 Å². The highest BCUT2D eigenvalue weighted by Gasteiger charge is 2.25. The van der Waals surface area contributed by atoms with Crippen LogP contribution in [0.3, 0.4) is 0 Å². The molecule has 0 radical (unpaired) electrons. The Balaban J connectivity index is 1.51. The predicted octanol–water partition coefficient (Wildman–Crippen LogP) is 14.9. The highest BCUT2D eigenvalue weighted by molar-refractivity contribution is 5.22. The number of aryl methyl sites for hydroxylation is 1. The van der Waals surface area contributed by atoms with Gasteiger partial charge in [0.2, 0.25) is 0 Å². The van der Waals surface area contributed by atoms with Gasteiger partial charge in [-0.25, -0.2) is 9.13 Å². The predicted molar refractivity (Wildman–Crippen MR) is 224 cm³/mol. The molecule has 2 heteroatoms. The first kappa shape index (κ1) is 43.1. The van der Waals surface area contributed by atoms with Crippen molar-refractivity contribution < 1.29 is 4.57 Å². The minimum atomic E-state index is 0.515. The maximum atomic E-state index is 2.75. The van der Waals surface area contributed by atoms with Gasteiger partial charge in [-0.3, -0.25) is 0 Å². The monoisotopic (exact) mass is 698 g/mol. The summed E-state index contributed by atoms with van der Waals surface area (Å²) in [6, 6.07) is 22.4. The number of hydrogen-bond donors (Lipinski definition) is 0. The zero-order valence-electron chi connectivity index (χ0n) is 34.0. The molecule has 2 nitrogen and oxygen atoms in total. The Hall–Kier alpha value is -2.35. The smallest absolute Gasteiger partial charge is 0.234 e. The van der Waals surface area contributed by atoms with Crippen LogP contribution < -0.4 is 4.57 Å². The minimum Gasteiger partial charge on any atom is -0.234 e. The van der Waals surface area contributed by atoms with Crippen molar-refractivity contribution in [3.8, 4) is 0 Å². The molecule has 0 aliphatic rings. The topological polar surface area (TPSA) is 8.81 Å². The van der Waals surface area contributed by atoms with Crippen LogP contribution in [0.1, 0.15) is 216 Å². The lowest BCUT2D eigenvalue weighted by molar-refractivity contribution is -0.704. The van der Waals surface area contributed by atoms with Gasteiger partial charge in [-0.2, -0.15) is 0 Å². The van der Waals surface area contributed by atoms with Gasteiger partial charge in [0.05, 0.1) is 19.5 Å². The molecule has 0 saturated heterocycles. The highest BCUT2D eigenvalue weighted by Crippen LogP contribution is 2.23. The SMILES string of the molecule is CCCCCCCCCCCCCCCCCC[n+]1cc(CC(C)c2ccccc2)n(CCCCCCCCCCCC)c1Cc1ccccc1. The van der Waals surface area contributed by atoms with Crippen LogP contribution in [-0.2, 0) is 25.9 Å². The summed E-state index contributed by atoms with van der Waals surface area (Å²) in [5.74, 6) is 2.04. The lowest BCUT2D eigenvalue weighted by Crippen LogP contribution is -2.37. The zero-order valence-corrected chi connectivity index (χ0v) is 34.0. The average Bonchev–Trinajstić information content (AvgIpc) is 3.47. The van der Waals surface area contributed by atoms with Gasteiger partial charge in [-0.1, -0.05) is 223 Å². The highest BCUT2D eigenvalue weighted by atomic mass is 15.2. The van der Waals surface area contributed by atoms with E-state index in [4.69, 9.17) is 0 Å². The third-order valence-electron chi connectivity index (χ3n) is 11.4. The van der Waals surface area contributed by atoms with Crippen LogP contribution in [0.15, 0.2) is 66.9 Å². The molecule has 1 unspecified atom stereocenters.